The van der Waals surface area contributed by atoms with Gasteiger partial charge in [-0.3, -0.25) is 0 Å². The average molecular weight is 245 g/mol. The summed E-state index contributed by atoms with van der Waals surface area (Å²) in [5.74, 6) is 0.108. The Hall–Kier alpha value is -2.34. The lowest BCUT2D eigenvalue weighted by Gasteiger charge is -2.00. The molecule has 0 saturated heterocycles. The van der Waals surface area contributed by atoms with E-state index < -0.39 is 6.10 Å². The van der Waals surface area contributed by atoms with Crippen molar-refractivity contribution < 1.29 is 10.2 Å². The Bertz CT molecular complexity index is 801. The number of phenols is 1. The van der Waals surface area contributed by atoms with Crippen LogP contribution in [0.1, 0.15) is 18.7 Å². The van der Waals surface area contributed by atoms with E-state index in [1.54, 1.807) is 25.1 Å². The number of hydrogen-bond acceptors (Lipinski definition) is 4. The number of fused-ring (bicyclic) bond motifs is 3. The van der Waals surface area contributed by atoms with Gasteiger partial charge in [0.05, 0.1) is 22.8 Å². The Balaban J connectivity index is 2.51. The minimum absolute atomic E-state index is 0.108. The van der Waals surface area contributed by atoms with Crippen LogP contribution in [-0.2, 0) is 0 Å². The number of hydrogen-bond donors (Lipinski definition) is 3. The minimum atomic E-state index is -0.753. The molecule has 2 aromatic heterocycles. The normalized spacial score (nSPS) is 13.2. The van der Waals surface area contributed by atoms with Crippen LogP contribution < -0.4 is 5.69 Å². The lowest BCUT2D eigenvalue weighted by molar-refractivity contribution is 0.194. The molecule has 0 radical (unpaired) electrons. The third kappa shape index (κ3) is 1.46. The molecule has 3 rings (SSSR count). The highest BCUT2D eigenvalue weighted by Crippen LogP contribution is 2.23. The Morgan fingerprint density at radius 2 is 2.17 bits per heavy atom. The summed E-state index contributed by atoms with van der Waals surface area (Å²) in [6, 6.07) is 6.32. The van der Waals surface area contributed by atoms with Gasteiger partial charge in [-0.25, -0.2) is 4.79 Å². The zero-order valence-corrected chi connectivity index (χ0v) is 9.58. The summed E-state index contributed by atoms with van der Waals surface area (Å²) >= 11 is 0. The first-order chi connectivity index (χ1) is 8.56. The topological polar surface area (TPSA) is 90.6 Å². The van der Waals surface area contributed by atoms with Crippen molar-refractivity contribution in [3.8, 4) is 5.75 Å². The number of nitrogens with one attached hydrogen (secondary N) is 1. The Kier molecular flexibility index (Phi) is 2.14. The number of benzene rings is 1. The van der Waals surface area contributed by atoms with E-state index in [9.17, 15) is 15.0 Å². The first kappa shape index (κ1) is 10.8. The number of aromatic hydroxyl groups is 1. The molecule has 0 bridgehead atoms. The monoisotopic (exact) mass is 245 g/mol. The van der Waals surface area contributed by atoms with Crippen molar-refractivity contribution in [2.75, 3.05) is 0 Å². The van der Waals surface area contributed by atoms with E-state index in [0.29, 0.717) is 22.1 Å². The van der Waals surface area contributed by atoms with E-state index in [1.165, 1.54) is 10.6 Å². The molecule has 0 aliphatic rings. The number of aliphatic hydroxyl groups is 1. The highest BCUT2D eigenvalue weighted by molar-refractivity contribution is 5.94. The number of aromatic amines is 1. The molecule has 0 fully saturated rings. The standard InChI is InChI=1S/C12H11N3O3/c1-6(16)10-5-11-8-4-7(17)2-3-9(8)13-12(18)15(11)14-10/h2-6,16-17H,1H3,(H,13,18). The van der Waals surface area contributed by atoms with E-state index in [4.69, 9.17) is 0 Å². The fraction of sp³-hybridized carbons (Fsp3) is 0.167. The molecule has 0 aliphatic carbocycles. The van der Waals surface area contributed by atoms with E-state index in [2.05, 4.69) is 10.1 Å². The SMILES string of the molecule is CC(O)c1cc2c3cc(O)ccc3[nH]c(=O)n2n1. The van der Waals surface area contributed by atoms with Crippen LogP contribution >= 0.6 is 0 Å². The van der Waals surface area contributed by atoms with Crippen molar-refractivity contribution in [3.63, 3.8) is 0 Å². The van der Waals surface area contributed by atoms with Crippen LogP contribution in [0, 0.1) is 0 Å². The van der Waals surface area contributed by atoms with E-state index in [0.717, 1.165) is 0 Å². The zero-order valence-electron chi connectivity index (χ0n) is 9.58. The zero-order chi connectivity index (χ0) is 12.9. The van der Waals surface area contributed by atoms with Crippen LogP contribution in [0.5, 0.6) is 5.75 Å². The van der Waals surface area contributed by atoms with Crippen LogP contribution in [0.3, 0.4) is 0 Å². The van der Waals surface area contributed by atoms with Gasteiger partial charge in [-0.2, -0.15) is 9.61 Å². The minimum Gasteiger partial charge on any atom is -0.508 e. The molecule has 6 nitrogen and oxygen atoms in total. The number of rotatable bonds is 1. The quantitative estimate of drug-likeness (QED) is 0.595. The molecule has 18 heavy (non-hydrogen) atoms. The molecule has 1 atom stereocenters. The second-order valence-corrected chi connectivity index (χ2v) is 4.20. The predicted molar refractivity (Wildman–Crippen MR) is 65.6 cm³/mol. The molecule has 0 spiro atoms. The number of phenolic OH excluding ortho intramolecular Hbond substituents is 1. The van der Waals surface area contributed by atoms with Gasteiger partial charge in [-0.15, -0.1) is 0 Å². The largest absolute Gasteiger partial charge is 0.508 e. The van der Waals surface area contributed by atoms with Crippen LogP contribution in [0.4, 0.5) is 0 Å². The molecular formula is C12H11N3O3. The maximum atomic E-state index is 11.8. The average Bonchev–Trinajstić information content (AvgIpc) is 2.76. The third-order valence-electron chi connectivity index (χ3n) is 2.87. The maximum Gasteiger partial charge on any atom is 0.347 e. The van der Waals surface area contributed by atoms with Gasteiger partial charge in [-0.05, 0) is 31.2 Å². The molecule has 92 valence electrons. The van der Waals surface area contributed by atoms with E-state index in [-0.39, 0.29) is 11.4 Å². The Morgan fingerprint density at radius 3 is 2.89 bits per heavy atom. The van der Waals surface area contributed by atoms with E-state index >= 15 is 0 Å². The van der Waals surface area contributed by atoms with Crippen molar-refractivity contribution in [1.82, 2.24) is 14.6 Å². The fourth-order valence-corrected chi connectivity index (χ4v) is 1.97. The van der Waals surface area contributed by atoms with Gasteiger partial charge in [0.2, 0.25) is 0 Å². The highest BCUT2D eigenvalue weighted by atomic mass is 16.3. The third-order valence-corrected chi connectivity index (χ3v) is 2.87. The fourth-order valence-electron chi connectivity index (χ4n) is 1.97. The molecule has 0 saturated carbocycles. The number of H-pyrrole nitrogens is 1. The van der Waals surface area contributed by atoms with Crippen LogP contribution in [0.15, 0.2) is 29.1 Å². The summed E-state index contributed by atoms with van der Waals surface area (Å²) in [4.78, 5) is 14.5. The lowest BCUT2D eigenvalue weighted by atomic mass is 10.2. The summed E-state index contributed by atoms with van der Waals surface area (Å²) in [6.07, 6.45) is -0.753. The summed E-state index contributed by atoms with van der Waals surface area (Å²) in [5, 5.41) is 23.7. The Labute approximate surface area is 101 Å². The van der Waals surface area contributed by atoms with Gasteiger partial charge in [0, 0.05) is 5.39 Å². The first-order valence-electron chi connectivity index (χ1n) is 5.49. The molecule has 2 heterocycles. The molecular weight excluding hydrogens is 234 g/mol. The lowest BCUT2D eigenvalue weighted by Crippen LogP contribution is -2.17. The summed E-state index contributed by atoms with van der Waals surface area (Å²) in [7, 11) is 0. The van der Waals surface area contributed by atoms with Gasteiger partial charge in [0.1, 0.15) is 5.75 Å². The van der Waals surface area contributed by atoms with E-state index in [1.807, 2.05) is 0 Å². The molecule has 3 N–H and O–H groups in total. The van der Waals surface area contributed by atoms with Crippen molar-refractivity contribution in [1.29, 1.82) is 0 Å². The molecule has 6 heteroatoms. The molecule has 1 aromatic carbocycles. The Morgan fingerprint density at radius 1 is 1.39 bits per heavy atom. The first-order valence-corrected chi connectivity index (χ1v) is 5.49. The van der Waals surface area contributed by atoms with Gasteiger partial charge in [0.15, 0.2) is 0 Å². The van der Waals surface area contributed by atoms with Crippen molar-refractivity contribution >= 4 is 16.4 Å². The molecule has 0 amide bonds. The number of aliphatic hydroxyl groups excluding tert-OH is 1. The molecule has 3 aromatic rings. The summed E-state index contributed by atoms with van der Waals surface area (Å²) < 4.78 is 1.18. The van der Waals surface area contributed by atoms with Gasteiger partial charge in [-0.1, -0.05) is 0 Å². The molecule has 0 aliphatic heterocycles. The smallest absolute Gasteiger partial charge is 0.347 e. The van der Waals surface area contributed by atoms with Crippen molar-refractivity contribution in [3.05, 3.63) is 40.4 Å². The summed E-state index contributed by atoms with van der Waals surface area (Å²) in [5.41, 5.74) is 1.20. The van der Waals surface area contributed by atoms with Crippen molar-refractivity contribution in [2.45, 2.75) is 13.0 Å². The van der Waals surface area contributed by atoms with Crippen LogP contribution in [0.2, 0.25) is 0 Å². The van der Waals surface area contributed by atoms with Crippen LogP contribution in [0.25, 0.3) is 16.4 Å². The number of aromatic nitrogens is 3. The van der Waals surface area contributed by atoms with Crippen LogP contribution in [-0.4, -0.2) is 24.8 Å². The number of nitrogens with zero attached hydrogens (tertiary/aromatic N) is 2. The van der Waals surface area contributed by atoms with Crippen molar-refractivity contribution in [2.24, 2.45) is 0 Å². The maximum absolute atomic E-state index is 11.8. The molecule has 1 unspecified atom stereocenters. The predicted octanol–water partition coefficient (Wildman–Crippen LogP) is 0.935. The van der Waals surface area contributed by atoms with Gasteiger partial charge >= 0.3 is 5.69 Å². The second-order valence-electron chi connectivity index (χ2n) is 4.20. The highest BCUT2D eigenvalue weighted by Gasteiger charge is 2.12. The van der Waals surface area contributed by atoms with Gasteiger partial charge < -0.3 is 15.2 Å². The van der Waals surface area contributed by atoms with Gasteiger partial charge in [0.25, 0.3) is 0 Å². The summed E-state index contributed by atoms with van der Waals surface area (Å²) in [6.45, 7) is 1.58. The second kappa shape index (κ2) is 3.58.